The van der Waals surface area contributed by atoms with Gasteiger partial charge in [0.15, 0.2) is 9.84 Å². The number of rotatable bonds is 8. The minimum absolute atomic E-state index is 0.0252. The second kappa shape index (κ2) is 6.22. The maximum atomic E-state index is 11.9. The van der Waals surface area contributed by atoms with Crippen LogP contribution < -0.4 is 11.1 Å². The van der Waals surface area contributed by atoms with E-state index in [0.717, 1.165) is 12.8 Å². The zero-order valence-corrected chi connectivity index (χ0v) is 12.9. The van der Waals surface area contributed by atoms with E-state index in [1.807, 2.05) is 20.8 Å². The molecule has 1 aliphatic rings. The van der Waals surface area contributed by atoms with Gasteiger partial charge in [-0.05, 0) is 31.6 Å². The molecule has 19 heavy (non-hydrogen) atoms. The molecule has 0 saturated heterocycles. The number of amides is 1. The smallest absolute Gasteiger partial charge is 0.221 e. The molecule has 0 bridgehead atoms. The molecule has 1 saturated carbocycles. The first-order chi connectivity index (χ1) is 8.68. The maximum Gasteiger partial charge on any atom is 0.221 e. The van der Waals surface area contributed by atoms with E-state index in [2.05, 4.69) is 5.32 Å². The van der Waals surface area contributed by atoms with Crippen molar-refractivity contribution >= 4 is 15.7 Å². The molecular formula is C13H26N2O3S. The summed E-state index contributed by atoms with van der Waals surface area (Å²) in [6, 6.07) is 0. The van der Waals surface area contributed by atoms with Crippen LogP contribution in [-0.4, -0.2) is 37.9 Å². The van der Waals surface area contributed by atoms with Crippen LogP contribution in [0, 0.1) is 11.8 Å². The lowest BCUT2D eigenvalue weighted by Gasteiger charge is -2.29. The van der Waals surface area contributed by atoms with Crippen LogP contribution in [0.4, 0.5) is 0 Å². The molecule has 0 aromatic heterocycles. The van der Waals surface area contributed by atoms with Crippen molar-refractivity contribution in [2.24, 2.45) is 17.6 Å². The van der Waals surface area contributed by atoms with Gasteiger partial charge in [0.25, 0.3) is 0 Å². The lowest BCUT2D eigenvalue weighted by atomic mass is 9.96. The summed E-state index contributed by atoms with van der Waals surface area (Å²) < 4.78 is 23.4. The molecule has 0 aliphatic heterocycles. The number of carbonyl (C=O) groups is 1. The average molecular weight is 290 g/mol. The zero-order chi connectivity index (χ0) is 14.7. The molecule has 1 amide bonds. The first kappa shape index (κ1) is 16.4. The van der Waals surface area contributed by atoms with Gasteiger partial charge in [0.2, 0.25) is 5.91 Å². The lowest BCUT2D eigenvalue weighted by Crippen LogP contribution is -2.53. The molecule has 3 N–H and O–H groups in total. The van der Waals surface area contributed by atoms with Gasteiger partial charge in [-0.1, -0.05) is 13.8 Å². The Balaban J connectivity index is 2.43. The molecule has 1 aliphatic carbocycles. The fourth-order valence-electron chi connectivity index (χ4n) is 2.26. The molecule has 1 rings (SSSR count). The predicted octanol–water partition coefficient (Wildman–Crippen LogP) is 0.691. The van der Waals surface area contributed by atoms with Crippen molar-refractivity contribution < 1.29 is 13.2 Å². The fourth-order valence-corrected chi connectivity index (χ4v) is 3.94. The summed E-state index contributed by atoms with van der Waals surface area (Å²) in [4.78, 5) is 11.9. The zero-order valence-electron chi connectivity index (χ0n) is 12.1. The summed E-state index contributed by atoms with van der Waals surface area (Å²) in [7, 11) is -3.13. The summed E-state index contributed by atoms with van der Waals surface area (Å²) in [5, 5.41) is 2.90. The summed E-state index contributed by atoms with van der Waals surface area (Å²) in [6.07, 6.45) is 2.19. The van der Waals surface area contributed by atoms with Gasteiger partial charge in [-0.25, -0.2) is 8.42 Å². The number of sulfone groups is 1. The van der Waals surface area contributed by atoms with Crippen LogP contribution in [-0.2, 0) is 14.6 Å². The topological polar surface area (TPSA) is 89.3 Å². The van der Waals surface area contributed by atoms with Crippen LogP contribution in [0.5, 0.6) is 0 Å². The van der Waals surface area contributed by atoms with E-state index in [1.54, 1.807) is 0 Å². The number of hydrogen-bond donors (Lipinski definition) is 2. The third kappa shape index (κ3) is 5.48. The fraction of sp³-hybridized carbons (Fsp3) is 0.923. The van der Waals surface area contributed by atoms with Crippen molar-refractivity contribution in [3.05, 3.63) is 0 Å². The molecular weight excluding hydrogens is 264 g/mol. The van der Waals surface area contributed by atoms with Crippen LogP contribution in [0.25, 0.3) is 0 Å². The van der Waals surface area contributed by atoms with Crippen molar-refractivity contribution in [3.8, 4) is 0 Å². The first-order valence-corrected chi connectivity index (χ1v) is 8.72. The van der Waals surface area contributed by atoms with Crippen molar-refractivity contribution in [2.45, 2.75) is 45.6 Å². The first-order valence-electron chi connectivity index (χ1n) is 6.90. The Morgan fingerprint density at radius 2 is 2.00 bits per heavy atom. The van der Waals surface area contributed by atoms with Crippen molar-refractivity contribution in [1.29, 1.82) is 0 Å². The van der Waals surface area contributed by atoms with Crippen molar-refractivity contribution in [3.63, 3.8) is 0 Å². The Bertz CT molecular complexity index is 416. The molecule has 0 aromatic rings. The molecule has 112 valence electrons. The van der Waals surface area contributed by atoms with E-state index in [0.29, 0.717) is 12.5 Å². The summed E-state index contributed by atoms with van der Waals surface area (Å²) in [5.41, 5.74) is 5.34. The third-order valence-electron chi connectivity index (χ3n) is 3.55. The monoisotopic (exact) mass is 290 g/mol. The Labute approximate surface area is 116 Å². The van der Waals surface area contributed by atoms with Crippen LogP contribution >= 0.6 is 0 Å². The molecule has 0 aromatic carbocycles. The van der Waals surface area contributed by atoms with Gasteiger partial charge in [-0.15, -0.1) is 0 Å². The molecule has 1 fully saturated rings. The largest absolute Gasteiger partial charge is 0.349 e. The van der Waals surface area contributed by atoms with Gasteiger partial charge in [0.05, 0.1) is 17.0 Å². The highest BCUT2D eigenvalue weighted by atomic mass is 32.2. The minimum Gasteiger partial charge on any atom is -0.349 e. The van der Waals surface area contributed by atoms with E-state index in [9.17, 15) is 13.2 Å². The second-order valence-electron chi connectivity index (χ2n) is 6.20. The van der Waals surface area contributed by atoms with Gasteiger partial charge in [0, 0.05) is 13.0 Å². The van der Waals surface area contributed by atoms with Crippen molar-refractivity contribution in [1.82, 2.24) is 5.32 Å². The molecule has 1 unspecified atom stereocenters. The van der Waals surface area contributed by atoms with Crippen molar-refractivity contribution in [2.75, 3.05) is 18.1 Å². The standard InChI is InChI=1S/C13H26N2O3S/c1-10(2)8-19(17,18)7-6-12(16)15-13(3,9-14)11-4-5-11/h10-11H,4-9,14H2,1-3H3,(H,15,16). The van der Waals surface area contributed by atoms with Gasteiger partial charge >= 0.3 is 0 Å². The highest BCUT2D eigenvalue weighted by Crippen LogP contribution is 2.38. The summed E-state index contributed by atoms with van der Waals surface area (Å²) in [6.45, 7) is 6.04. The molecule has 0 radical (unpaired) electrons. The molecule has 0 heterocycles. The second-order valence-corrected chi connectivity index (χ2v) is 8.43. The van der Waals surface area contributed by atoms with Crippen LogP contribution in [0.2, 0.25) is 0 Å². The molecule has 5 nitrogen and oxygen atoms in total. The van der Waals surface area contributed by atoms with Crippen LogP contribution in [0.15, 0.2) is 0 Å². The van der Waals surface area contributed by atoms with E-state index in [1.165, 1.54) is 0 Å². The number of nitrogens with two attached hydrogens (primary N) is 1. The van der Waals surface area contributed by atoms with Gasteiger partial charge in [-0.2, -0.15) is 0 Å². The van der Waals surface area contributed by atoms with Gasteiger partial charge < -0.3 is 11.1 Å². The van der Waals surface area contributed by atoms with Crippen LogP contribution in [0.3, 0.4) is 0 Å². The van der Waals surface area contributed by atoms with E-state index in [-0.39, 0.29) is 35.3 Å². The van der Waals surface area contributed by atoms with Gasteiger partial charge in [0.1, 0.15) is 0 Å². The Hall–Kier alpha value is -0.620. The number of carbonyl (C=O) groups excluding carboxylic acids is 1. The van der Waals surface area contributed by atoms with E-state index in [4.69, 9.17) is 5.73 Å². The molecule has 6 heteroatoms. The Morgan fingerprint density at radius 3 is 2.42 bits per heavy atom. The average Bonchev–Trinajstić information content (AvgIpc) is 3.08. The summed E-state index contributed by atoms with van der Waals surface area (Å²) >= 11 is 0. The van der Waals surface area contributed by atoms with Crippen LogP contribution in [0.1, 0.15) is 40.0 Å². The highest BCUT2D eigenvalue weighted by Gasteiger charge is 2.41. The predicted molar refractivity (Wildman–Crippen MR) is 76.4 cm³/mol. The quantitative estimate of drug-likeness (QED) is 0.688. The number of nitrogens with one attached hydrogen (secondary N) is 1. The number of hydrogen-bond acceptors (Lipinski definition) is 4. The maximum absolute atomic E-state index is 11.9. The van der Waals surface area contributed by atoms with Gasteiger partial charge in [-0.3, -0.25) is 4.79 Å². The SMILES string of the molecule is CC(C)CS(=O)(=O)CCC(=O)NC(C)(CN)C1CC1. The highest BCUT2D eigenvalue weighted by molar-refractivity contribution is 7.91. The Morgan fingerprint density at radius 1 is 1.42 bits per heavy atom. The van der Waals surface area contributed by atoms with E-state index < -0.39 is 9.84 Å². The minimum atomic E-state index is -3.13. The molecule has 0 spiro atoms. The lowest BCUT2D eigenvalue weighted by molar-refractivity contribution is -0.122. The Kier molecular flexibility index (Phi) is 5.38. The normalized spacial score (nSPS) is 19.2. The third-order valence-corrected chi connectivity index (χ3v) is 5.56. The van der Waals surface area contributed by atoms with E-state index >= 15 is 0 Å². The molecule has 1 atom stereocenters. The summed E-state index contributed by atoms with van der Waals surface area (Å²) in [5.74, 6) is 0.370.